The van der Waals surface area contributed by atoms with E-state index in [0.29, 0.717) is 11.8 Å². The summed E-state index contributed by atoms with van der Waals surface area (Å²) in [5.41, 5.74) is -0.504. The molecule has 0 radical (unpaired) electrons. The Morgan fingerprint density at radius 2 is 1.83 bits per heavy atom. The molecule has 3 nitrogen and oxygen atoms in total. The molecule has 96 valence electrons. The summed E-state index contributed by atoms with van der Waals surface area (Å²) >= 11 is 2.98. The van der Waals surface area contributed by atoms with Gasteiger partial charge in [0, 0.05) is 23.6 Å². The molecule has 1 amide bonds. The zero-order valence-electron chi connectivity index (χ0n) is 9.34. The van der Waals surface area contributed by atoms with E-state index in [-0.39, 0.29) is 10.5 Å². The smallest absolute Gasteiger partial charge is 0.257 e. The van der Waals surface area contributed by atoms with Crippen molar-refractivity contribution in [3.63, 3.8) is 0 Å². The van der Waals surface area contributed by atoms with Crippen molar-refractivity contribution >= 4 is 21.8 Å². The number of fused-ring (bicyclic) bond motifs is 1. The molecule has 1 aliphatic heterocycles. The molecule has 1 heterocycles. The summed E-state index contributed by atoms with van der Waals surface area (Å²) in [5.74, 6) is -1.53. The van der Waals surface area contributed by atoms with Gasteiger partial charge in [-0.3, -0.25) is 4.79 Å². The van der Waals surface area contributed by atoms with E-state index in [0.717, 1.165) is 25.2 Å². The first-order chi connectivity index (χ1) is 8.58. The second-order valence-electron chi connectivity index (χ2n) is 4.73. The molecule has 2 atom stereocenters. The molecule has 0 aromatic heterocycles. The third kappa shape index (κ3) is 1.93. The highest BCUT2D eigenvalue weighted by Crippen LogP contribution is 2.41. The second kappa shape index (κ2) is 4.28. The van der Waals surface area contributed by atoms with Gasteiger partial charge in [-0.25, -0.2) is 8.78 Å². The Kier molecular flexibility index (Phi) is 2.86. The molecule has 1 aromatic rings. The van der Waals surface area contributed by atoms with Crippen LogP contribution in [0.1, 0.15) is 10.4 Å². The van der Waals surface area contributed by atoms with Crippen molar-refractivity contribution in [2.24, 2.45) is 11.8 Å². The number of halogens is 3. The summed E-state index contributed by atoms with van der Waals surface area (Å²) in [5, 5.41) is 5.89. The van der Waals surface area contributed by atoms with E-state index in [1.54, 1.807) is 0 Å². The summed E-state index contributed by atoms with van der Waals surface area (Å²) in [6.07, 6.45) is 0. The van der Waals surface area contributed by atoms with Crippen LogP contribution in [-0.4, -0.2) is 25.0 Å². The van der Waals surface area contributed by atoms with Gasteiger partial charge in [0.15, 0.2) is 0 Å². The van der Waals surface area contributed by atoms with Gasteiger partial charge in [-0.1, -0.05) is 15.9 Å². The number of hydrogen-bond acceptors (Lipinski definition) is 2. The summed E-state index contributed by atoms with van der Waals surface area (Å²) in [6.45, 7) is 1.72. The minimum atomic E-state index is -0.844. The van der Waals surface area contributed by atoms with Crippen molar-refractivity contribution in [2.75, 3.05) is 13.1 Å². The Bertz CT molecular complexity index is 490. The van der Waals surface area contributed by atoms with Crippen LogP contribution in [0.25, 0.3) is 0 Å². The number of benzene rings is 1. The lowest BCUT2D eigenvalue weighted by Gasteiger charge is -2.09. The average Bonchev–Trinajstić information content (AvgIpc) is 2.72. The average molecular weight is 317 g/mol. The lowest BCUT2D eigenvalue weighted by molar-refractivity contribution is 0.0938. The maximum Gasteiger partial charge on any atom is 0.257 e. The van der Waals surface area contributed by atoms with Crippen LogP contribution in [-0.2, 0) is 0 Å². The van der Waals surface area contributed by atoms with Crippen molar-refractivity contribution in [2.45, 2.75) is 6.04 Å². The van der Waals surface area contributed by atoms with Gasteiger partial charge in [0.1, 0.15) is 17.2 Å². The largest absolute Gasteiger partial charge is 0.348 e. The molecular weight excluding hydrogens is 306 g/mol. The van der Waals surface area contributed by atoms with Crippen molar-refractivity contribution in [3.05, 3.63) is 33.8 Å². The molecular formula is C12H11BrF2N2O. The molecule has 2 N–H and O–H groups in total. The zero-order chi connectivity index (χ0) is 12.9. The van der Waals surface area contributed by atoms with E-state index in [9.17, 15) is 13.6 Å². The molecule has 0 spiro atoms. The number of carbonyl (C=O) groups is 1. The number of nitrogens with one attached hydrogen (secondary N) is 2. The van der Waals surface area contributed by atoms with Crippen molar-refractivity contribution in [1.82, 2.24) is 10.6 Å². The molecule has 1 aliphatic carbocycles. The molecule has 1 saturated carbocycles. The van der Waals surface area contributed by atoms with E-state index >= 15 is 0 Å². The SMILES string of the molecule is O=C(NC1C2CNCC21)c1c(F)cc(Br)cc1F. The first-order valence-electron chi connectivity index (χ1n) is 5.74. The normalized spacial score (nSPS) is 28.9. The predicted molar refractivity (Wildman–Crippen MR) is 65.2 cm³/mol. The Morgan fingerprint density at radius 3 is 2.39 bits per heavy atom. The highest BCUT2D eigenvalue weighted by atomic mass is 79.9. The highest BCUT2D eigenvalue weighted by molar-refractivity contribution is 9.10. The number of hydrogen-bond donors (Lipinski definition) is 2. The Hall–Kier alpha value is -1.01. The van der Waals surface area contributed by atoms with Crippen LogP contribution in [0.2, 0.25) is 0 Å². The maximum atomic E-state index is 13.6. The van der Waals surface area contributed by atoms with E-state index in [1.165, 1.54) is 0 Å². The fraction of sp³-hybridized carbons (Fsp3) is 0.417. The minimum absolute atomic E-state index is 0.0567. The molecule has 0 bridgehead atoms. The lowest BCUT2D eigenvalue weighted by Crippen LogP contribution is -2.33. The van der Waals surface area contributed by atoms with Gasteiger partial charge in [0.2, 0.25) is 0 Å². The zero-order valence-corrected chi connectivity index (χ0v) is 10.9. The van der Waals surface area contributed by atoms with Crippen molar-refractivity contribution in [3.8, 4) is 0 Å². The summed E-state index contributed by atoms with van der Waals surface area (Å²) in [6, 6.07) is 2.24. The first kappa shape index (κ1) is 12.0. The molecule has 2 fully saturated rings. The second-order valence-corrected chi connectivity index (χ2v) is 5.65. The van der Waals surface area contributed by atoms with Gasteiger partial charge in [-0.05, 0) is 24.0 Å². The molecule has 2 unspecified atom stereocenters. The van der Waals surface area contributed by atoms with Gasteiger partial charge in [-0.15, -0.1) is 0 Å². The monoisotopic (exact) mass is 316 g/mol. The minimum Gasteiger partial charge on any atom is -0.348 e. The summed E-state index contributed by atoms with van der Waals surface area (Å²) in [4.78, 5) is 11.9. The van der Waals surface area contributed by atoms with Crippen LogP contribution < -0.4 is 10.6 Å². The Balaban J connectivity index is 1.77. The predicted octanol–water partition coefficient (Wildman–Crippen LogP) is 1.67. The van der Waals surface area contributed by atoms with E-state index in [4.69, 9.17) is 0 Å². The number of carbonyl (C=O) groups excluding carboxylic acids is 1. The molecule has 18 heavy (non-hydrogen) atoms. The molecule has 2 aliphatic rings. The topological polar surface area (TPSA) is 41.1 Å². The van der Waals surface area contributed by atoms with Crippen molar-refractivity contribution < 1.29 is 13.6 Å². The Labute approximate surface area is 111 Å². The standard InChI is InChI=1S/C12H11BrF2N2O/c13-5-1-8(14)10(9(15)2-5)12(18)17-11-6-3-16-4-7(6)11/h1-2,6-7,11,16H,3-4H2,(H,17,18). The van der Waals surface area contributed by atoms with Crippen LogP contribution in [0.5, 0.6) is 0 Å². The van der Waals surface area contributed by atoms with Crippen LogP contribution in [0.4, 0.5) is 8.78 Å². The summed E-state index contributed by atoms with van der Waals surface area (Å²) in [7, 11) is 0. The van der Waals surface area contributed by atoms with Gasteiger partial charge in [0.25, 0.3) is 5.91 Å². The summed E-state index contributed by atoms with van der Waals surface area (Å²) < 4.78 is 27.4. The van der Waals surface area contributed by atoms with E-state index in [1.807, 2.05) is 0 Å². The van der Waals surface area contributed by atoms with Gasteiger partial charge < -0.3 is 10.6 Å². The third-order valence-electron chi connectivity index (χ3n) is 3.62. The Morgan fingerprint density at radius 1 is 1.28 bits per heavy atom. The van der Waals surface area contributed by atoms with Gasteiger partial charge in [-0.2, -0.15) is 0 Å². The fourth-order valence-corrected chi connectivity index (χ4v) is 3.02. The fourth-order valence-electron chi connectivity index (χ4n) is 2.62. The van der Waals surface area contributed by atoms with E-state index < -0.39 is 23.1 Å². The van der Waals surface area contributed by atoms with Crippen LogP contribution in [0, 0.1) is 23.5 Å². The van der Waals surface area contributed by atoms with Crippen molar-refractivity contribution in [1.29, 1.82) is 0 Å². The molecule has 6 heteroatoms. The number of rotatable bonds is 2. The maximum absolute atomic E-state index is 13.6. The van der Waals surface area contributed by atoms with Crippen LogP contribution >= 0.6 is 15.9 Å². The number of amides is 1. The molecule has 3 rings (SSSR count). The van der Waals surface area contributed by atoms with Gasteiger partial charge in [0.05, 0.1) is 0 Å². The van der Waals surface area contributed by atoms with Gasteiger partial charge >= 0.3 is 0 Å². The van der Waals surface area contributed by atoms with Crippen LogP contribution in [0.15, 0.2) is 16.6 Å². The first-order valence-corrected chi connectivity index (χ1v) is 6.53. The quantitative estimate of drug-likeness (QED) is 0.871. The molecule has 1 saturated heterocycles. The molecule has 1 aromatic carbocycles. The number of piperidine rings is 1. The van der Waals surface area contributed by atoms with E-state index in [2.05, 4.69) is 26.6 Å². The highest BCUT2D eigenvalue weighted by Gasteiger charge is 2.53. The lowest BCUT2D eigenvalue weighted by atomic mass is 10.2. The van der Waals surface area contributed by atoms with Crippen LogP contribution in [0.3, 0.4) is 0 Å². The third-order valence-corrected chi connectivity index (χ3v) is 4.08.